The van der Waals surface area contributed by atoms with Crippen LogP contribution in [-0.4, -0.2) is 40.9 Å². The van der Waals surface area contributed by atoms with Gasteiger partial charge in [0.1, 0.15) is 12.1 Å². The van der Waals surface area contributed by atoms with Gasteiger partial charge in [-0.3, -0.25) is 14.5 Å². The Morgan fingerprint density at radius 1 is 1.35 bits per heavy atom. The minimum atomic E-state index is -0.921. The molecule has 2 rings (SSSR count). The summed E-state index contributed by atoms with van der Waals surface area (Å²) in [4.78, 5) is 36.7. The lowest BCUT2D eigenvalue weighted by Crippen LogP contribution is -2.47. The number of hydrogen-bond donors (Lipinski definition) is 2. The molecule has 2 atom stereocenters. The van der Waals surface area contributed by atoms with E-state index in [0.29, 0.717) is 5.92 Å². The first-order chi connectivity index (χ1) is 9.31. The van der Waals surface area contributed by atoms with Crippen LogP contribution in [0.3, 0.4) is 0 Å². The number of imide groups is 1. The zero-order valence-corrected chi connectivity index (χ0v) is 12.4. The maximum atomic E-state index is 12.0. The van der Waals surface area contributed by atoms with Crippen LogP contribution in [0, 0.1) is 5.92 Å². The largest absolute Gasteiger partial charge is 0.352 e. The molecule has 2 fully saturated rings. The van der Waals surface area contributed by atoms with E-state index in [-0.39, 0.29) is 24.4 Å². The summed E-state index contributed by atoms with van der Waals surface area (Å²) < 4.78 is 0. The molecule has 0 bridgehead atoms. The third kappa shape index (κ3) is 2.94. The number of hydrogen-bond acceptors (Lipinski definition) is 3. The van der Waals surface area contributed by atoms with Crippen molar-refractivity contribution < 1.29 is 14.4 Å². The van der Waals surface area contributed by atoms with Gasteiger partial charge in [0.25, 0.3) is 5.91 Å². The first kappa shape index (κ1) is 14.8. The number of carbonyl (C=O) groups excluding carboxylic acids is 3. The van der Waals surface area contributed by atoms with E-state index in [2.05, 4.69) is 17.6 Å². The highest BCUT2D eigenvalue weighted by atomic mass is 16.2. The number of carbonyl (C=O) groups is 3. The van der Waals surface area contributed by atoms with E-state index in [0.717, 1.165) is 24.2 Å². The van der Waals surface area contributed by atoms with Crippen LogP contribution in [0.25, 0.3) is 0 Å². The maximum absolute atomic E-state index is 12.0. The molecule has 0 aromatic heterocycles. The second kappa shape index (κ2) is 5.42. The van der Waals surface area contributed by atoms with E-state index >= 15 is 0 Å². The van der Waals surface area contributed by atoms with Crippen LogP contribution >= 0.6 is 0 Å². The van der Waals surface area contributed by atoms with Crippen LogP contribution < -0.4 is 10.6 Å². The lowest BCUT2D eigenvalue weighted by Gasteiger charge is -2.30. The smallest absolute Gasteiger partial charge is 0.325 e. The SMILES string of the molecule is C[C@@H]1CCCC[C@@H]1NC(=O)CN1C(=O)NC(C)(C)C1=O. The number of nitrogens with zero attached hydrogens (tertiary/aromatic N) is 1. The minimum Gasteiger partial charge on any atom is -0.352 e. The first-order valence-electron chi connectivity index (χ1n) is 7.25. The van der Waals surface area contributed by atoms with Gasteiger partial charge in [-0.2, -0.15) is 0 Å². The van der Waals surface area contributed by atoms with Crippen LogP contribution in [0.2, 0.25) is 0 Å². The number of rotatable bonds is 3. The van der Waals surface area contributed by atoms with Crippen molar-refractivity contribution in [1.82, 2.24) is 15.5 Å². The minimum absolute atomic E-state index is 0.157. The van der Waals surface area contributed by atoms with Crippen LogP contribution in [0.15, 0.2) is 0 Å². The van der Waals surface area contributed by atoms with Gasteiger partial charge in [-0.25, -0.2) is 4.79 Å². The highest BCUT2D eigenvalue weighted by molar-refractivity contribution is 6.08. The Balaban J connectivity index is 1.91. The van der Waals surface area contributed by atoms with Crippen molar-refractivity contribution in [2.24, 2.45) is 5.92 Å². The van der Waals surface area contributed by atoms with E-state index in [1.54, 1.807) is 13.8 Å². The second-order valence-corrected chi connectivity index (χ2v) is 6.38. The molecule has 0 aromatic rings. The molecule has 0 aromatic carbocycles. The maximum Gasteiger partial charge on any atom is 0.325 e. The summed E-state index contributed by atoms with van der Waals surface area (Å²) in [6.07, 6.45) is 4.40. The van der Waals surface area contributed by atoms with Gasteiger partial charge in [-0.15, -0.1) is 0 Å². The Labute approximate surface area is 119 Å². The Hall–Kier alpha value is -1.59. The van der Waals surface area contributed by atoms with E-state index in [1.807, 2.05) is 0 Å². The van der Waals surface area contributed by atoms with Crippen molar-refractivity contribution in [1.29, 1.82) is 0 Å². The van der Waals surface area contributed by atoms with Gasteiger partial charge >= 0.3 is 6.03 Å². The molecule has 0 radical (unpaired) electrons. The summed E-state index contributed by atoms with van der Waals surface area (Å²) >= 11 is 0. The molecular weight excluding hydrogens is 258 g/mol. The van der Waals surface area contributed by atoms with E-state index in [1.165, 1.54) is 6.42 Å². The van der Waals surface area contributed by atoms with Gasteiger partial charge in [-0.1, -0.05) is 19.8 Å². The topological polar surface area (TPSA) is 78.5 Å². The van der Waals surface area contributed by atoms with Crippen LogP contribution in [0.5, 0.6) is 0 Å². The molecule has 2 aliphatic rings. The zero-order valence-electron chi connectivity index (χ0n) is 12.4. The van der Waals surface area contributed by atoms with Gasteiger partial charge in [0, 0.05) is 6.04 Å². The van der Waals surface area contributed by atoms with Gasteiger partial charge in [-0.05, 0) is 32.6 Å². The molecular formula is C14H23N3O3. The van der Waals surface area contributed by atoms with Gasteiger partial charge < -0.3 is 10.6 Å². The van der Waals surface area contributed by atoms with Gasteiger partial charge in [0.05, 0.1) is 0 Å². The zero-order chi connectivity index (χ0) is 14.9. The van der Waals surface area contributed by atoms with Crippen LogP contribution in [0.4, 0.5) is 4.79 Å². The van der Waals surface area contributed by atoms with E-state index in [9.17, 15) is 14.4 Å². The average molecular weight is 281 g/mol. The predicted molar refractivity (Wildman–Crippen MR) is 73.9 cm³/mol. The average Bonchev–Trinajstić information content (AvgIpc) is 2.55. The molecule has 2 N–H and O–H groups in total. The molecule has 6 heteroatoms. The summed E-state index contributed by atoms with van der Waals surface area (Å²) in [5, 5.41) is 5.52. The van der Waals surface area contributed by atoms with Crippen molar-refractivity contribution >= 4 is 17.8 Å². The van der Waals surface area contributed by atoms with E-state index in [4.69, 9.17) is 0 Å². The van der Waals surface area contributed by atoms with Crippen molar-refractivity contribution in [3.63, 3.8) is 0 Å². The molecule has 6 nitrogen and oxygen atoms in total. The molecule has 112 valence electrons. The fourth-order valence-electron chi connectivity index (χ4n) is 2.89. The van der Waals surface area contributed by atoms with Crippen molar-refractivity contribution in [3.8, 4) is 0 Å². The Kier molecular flexibility index (Phi) is 4.01. The second-order valence-electron chi connectivity index (χ2n) is 6.38. The molecule has 1 heterocycles. The third-order valence-corrected chi connectivity index (χ3v) is 4.20. The number of urea groups is 1. The fourth-order valence-corrected chi connectivity index (χ4v) is 2.89. The summed E-state index contributed by atoms with van der Waals surface area (Å²) in [6, 6.07) is -0.336. The monoisotopic (exact) mass is 281 g/mol. The lowest BCUT2D eigenvalue weighted by atomic mass is 9.86. The summed E-state index contributed by atoms with van der Waals surface area (Å²) in [5.41, 5.74) is -0.921. The standard InChI is InChI=1S/C14H23N3O3/c1-9-6-4-5-7-10(9)15-11(18)8-17-12(19)14(2,3)16-13(17)20/h9-10H,4-8H2,1-3H3,(H,15,18)(H,16,20)/t9-,10+/m1/s1. The highest BCUT2D eigenvalue weighted by Gasteiger charge is 2.45. The Morgan fingerprint density at radius 3 is 2.55 bits per heavy atom. The molecule has 1 aliphatic carbocycles. The number of nitrogens with one attached hydrogen (secondary N) is 2. The molecule has 1 aliphatic heterocycles. The highest BCUT2D eigenvalue weighted by Crippen LogP contribution is 2.23. The normalized spacial score (nSPS) is 29.2. The summed E-state index contributed by atoms with van der Waals surface area (Å²) in [5.74, 6) is -0.161. The number of amides is 4. The molecule has 1 saturated carbocycles. The van der Waals surface area contributed by atoms with Crippen molar-refractivity contribution in [3.05, 3.63) is 0 Å². The van der Waals surface area contributed by atoms with Crippen LogP contribution in [-0.2, 0) is 9.59 Å². The third-order valence-electron chi connectivity index (χ3n) is 4.20. The van der Waals surface area contributed by atoms with E-state index < -0.39 is 11.6 Å². The molecule has 20 heavy (non-hydrogen) atoms. The van der Waals surface area contributed by atoms with Crippen LogP contribution in [0.1, 0.15) is 46.5 Å². The quantitative estimate of drug-likeness (QED) is 0.758. The first-order valence-corrected chi connectivity index (χ1v) is 7.25. The molecule has 0 spiro atoms. The molecule has 4 amide bonds. The van der Waals surface area contributed by atoms with Crippen molar-refractivity contribution in [2.45, 2.75) is 58.0 Å². The molecule has 0 unspecified atom stereocenters. The van der Waals surface area contributed by atoms with Crippen molar-refractivity contribution in [2.75, 3.05) is 6.54 Å². The molecule has 1 saturated heterocycles. The summed E-state index contributed by atoms with van der Waals surface area (Å²) in [6.45, 7) is 5.20. The fraction of sp³-hybridized carbons (Fsp3) is 0.786. The lowest BCUT2D eigenvalue weighted by molar-refractivity contribution is -0.134. The van der Waals surface area contributed by atoms with Gasteiger partial charge in [0.2, 0.25) is 5.91 Å². The summed E-state index contributed by atoms with van der Waals surface area (Å²) in [7, 11) is 0. The van der Waals surface area contributed by atoms with Gasteiger partial charge in [0.15, 0.2) is 0 Å². The Morgan fingerprint density at radius 2 is 2.00 bits per heavy atom. The predicted octanol–water partition coefficient (Wildman–Crippen LogP) is 1.01. The Bertz CT molecular complexity index is 433.